The van der Waals surface area contributed by atoms with E-state index in [1.807, 2.05) is 18.2 Å². The zero-order chi connectivity index (χ0) is 22.3. The fourth-order valence-electron chi connectivity index (χ4n) is 2.93. The Kier molecular flexibility index (Phi) is 19.1. The molecule has 0 rings (SSSR count). The van der Waals surface area contributed by atoms with Crippen molar-refractivity contribution >= 4 is 5.91 Å². The van der Waals surface area contributed by atoms with Crippen LogP contribution >= 0.6 is 0 Å². The van der Waals surface area contributed by atoms with Crippen LogP contribution in [0.5, 0.6) is 0 Å². The van der Waals surface area contributed by atoms with E-state index in [2.05, 4.69) is 56.5 Å². The topological polar surface area (TPSA) is 49.3 Å². The van der Waals surface area contributed by atoms with Gasteiger partial charge in [-0.2, -0.15) is 0 Å². The number of aliphatic hydroxyl groups is 1. The number of carbonyl (C=O) groups is 1. The fraction of sp³-hybridized carbons (Fsp3) is 0.593. The number of carbonyl (C=O) groups excluding carboxylic acids is 1. The Morgan fingerprint density at radius 1 is 0.733 bits per heavy atom. The van der Waals surface area contributed by atoms with Crippen LogP contribution in [0, 0.1) is 0 Å². The summed E-state index contributed by atoms with van der Waals surface area (Å²) in [5, 5.41) is 13.6. The molecule has 0 aromatic heterocycles. The minimum absolute atomic E-state index is 0.160. The van der Waals surface area contributed by atoms with Gasteiger partial charge in [0, 0.05) is 12.6 Å². The Hall–Kier alpha value is -1.87. The molecule has 3 heteroatoms. The smallest absolute Gasteiger partial charge is 0.244 e. The number of hydrogen-bond acceptors (Lipinski definition) is 2. The van der Waals surface area contributed by atoms with Crippen LogP contribution in [0.15, 0.2) is 60.8 Å². The van der Waals surface area contributed by atoms with Gasteiger partial charge in [0.2, 0.25) is 5.91 Å². The van der Waals surface area contributed by atoms with Gasteiger partial charge in [-0.25, -0.2) is 0 Å². The lowest BCUT2D eigenvalue weighted by molar-refractivity contribution is -0.118. The number of allylic oxidation sites excluding steroid dienone is 9. The summed E-state index contributed by atoms with van der Waals surface area (Å²) >= 11 is 0. The second kappa shape index (κ2) is 20.4. The van der Waals surface area contributed by atoms with Gasteiger partial charge in [0.1, 0.15) is 0 Å². The monoisotopic (exact) mass is 415 g/mol. The van der Waals surface area contributed by atoms with Gasteiger partial charge in [-0.15, -0.1) is 0 Å². The van der Waals surface area contributed by atoms with Crippen molar-refractivity contribution in [1.82, 2.24) is 5.32 Å². The first-order valence-corrected chi connectivity index (χ1v) is 11.9. The molecule has 0 aliphatic rings. The van der Waals surface area contributed by atoms with E-state index in [0.29, 0.717) is 6.54 Å². The van der Waals surface area contributed by atoms with Crippen LogP contribution < -0.4 is 5.32 Å². The number of unbranched alkanes of at least 4 members (excludes halogenated alkanes) is 5. The molecule has 0 aliphatic carbocycles. The van der Waals surface area contributed by atoms with Crippen LogP contribution in [-0.2, 0) is 4.79 Å². The van der Waals surface area contributed by atoms with Crippen molar-refractivity contribution < 1.29 is 9.90 Å². The summed E-state index contributed by atoms with van der Waals surface area (Å²) in [6.07, 6.45) is 31.0. The van der Waals surface area contributed by atoms with Gasteiger partial charge >= 0.3 is 0 Å². The summed E-state index contributed by atoms with van der Waals surface area (Å²) in [5.41, 5.74) is -0.784. The average Bonchev–Trinajstić information content (AvgIpc) is 2.75. The third-order valence-corrected chi connectivity index (χ3v) is 4.91. The Morgan fingerprint density at radius 3 is 1.80 bits per heavy atom. The lowest BCUT2D eigenvalue weighted by Crippen LogP contribution is -2.42. The zero-order valence-corrected chi connectivity index (χ0v) is 19.6. The minimum atomic E-state index is -0.784. The van der Waals surface area contributed by atoms with Crippen molar-refractivity contribution in [2.75, 3.05) is 6.54 Å². The first kappa shape index (κ1) is 28.1. The normalized spacial score (nSPS) is 13.1. The van der Waals surface area contributed by atoms with Gasteiger partial charge in [0.15, 0.2) is 0 Å². The molecule has 30 heavy (non-hydrogen) atoms. The van der Waals surface area contributed by atoms with Gasteiger partial charge in [-0.05, 0) is 32.1 Å². The van der Waals surface area contributed by atoms with Gasteiger partial charge in [0.25, 0.3) is 0 Å². The molecule has 0 atom stereocenters. The van der Waals surface area contributed by atoms with E-state index >= 15 is 0 Å². The van der Waals surface area contributed by atoms with E-state index in [1.165, 1.54) is 18.9 Å². The molecule has 0 unspecified atom stereocenters. The summed E-state index contributed by atoms with van der Waals surface area (Å²) in [5.74, 6) is -0.160. The van der Waals surface area contributed by atoms with Crippen LogP contribution in [0.25, 0.3) is 0 Å². The third kappa shape index (κ3) is 18.2. The zero-order valence-electron chi connectivity index (χ0n) is 19.6. The van der Waals surface area contributed by atoms with Gasteiger partial charge in [0.05, 0.1) is 5.60 Å². The average molecular weight is 416 g/mol. The maximum absolute atomic E-state index is 12.0. The second-order valence-corrected chi connectivity index (χ2v) is 7.90. The molecule has 0 saturated heterocycles. The molecule has 0 bridgehead atoms. The van der Waals surface area contributed by atoms with Crippen molar-refractivity contribution in [3.05, 3.63) is 60.8 Å². The largest absolute Gasteiger partial charge is 0.388 e. The Morgan fingerprint density at radius 2 is 1.23 bits per heavy atom. The Labute approximate surface area is 185 Å². The van der Waals surface area contributed by atoms with Crippen molar-refractivity contribution in [3.63, 3.8) is 0 Å². The van der Waals surface area contributed by atoms with E-state index in [0.717, 1.165) is 57.8 Å². The first-order valence-electron chi connectivity index (χ1n) is 11.9. The van der Waals surface area contributed by atoms with Crippen LogP contribution in [0.3, 0.4) is 0 Å². The Balaban J connectivity index is 4.07. The number of rotatable bonds is 18. The molecule has 0 aromatic carbocycles. The third-order valence-electron chi connectivity index (χ3n) is 4.91. The Bertz CT molecular complexity index is 547. The fourth-order valence-corrected chi connectivity index (χ4v) is 2.93. The van der Waals surface area contributed by atoms with E-state index in [9.17, 15) is 9.90 Å². The van der Waals surface area contributed by atoms with Gasteiger partial charge < -0.3 is 10.4 Å². The number of amides is 1. The van der Waals surface area contributed by atoms with Gasteiger partial charge in [-0.1, -0.05) is 114 Å². The molecule has 1 amide bonds. The van der Waals surface area contributed by atoms with Crippen LogP contribution in [0.1, 0.15) is 91.4 Å². The minimum Gasteiger partial charge on any atom is -0.388 e. The lowest BCUT2D eigenvalue weighted by Gasteiger charge is -2.28. The van der Waals surface area contributed by atoms with Gasteiger partial charge in [-0.3, -0.25) is 4.79 Å². The molecule has 0 spiro atoms. The molecule has 2 N–H and O–H groups in total. The number of nitrogens with one attached hydrogen (secondary N) is 1. The van der Waals surface area contributed by atoms with E-state index in [-0.39, 0.29) is 5.91 Å². The first-order chi connectivity index (χ1) is 14.6. The summed E-state index contributed by atoms with van der Waals surface area (Å²) < 4.78 is 0. The summed E-state index contributed by atoms with van der Waals surface area (Å²) in [4.78, 5) is 12.0. The lowest BCUT2D eigenvalue weighted by atomic mass is 9.91. The number of hydrogen-bond donors (Lipinski definition) is 2. The van der Waals surface area contributed by atoms with Crippen molar-refractivity contribution in [3.8, 4) is 0 Å². The maximum Gasteiger partial charge on any atom is 0.244 e. The molecule has 3 nitrogen and oxygen atoms in total. The van der Waals surface area contributed by atoms with Crippen LogP contribution in [-0.4, -0.2) is 23.2 Å². The maximum atomic E-state index is 12.0. The molecule has 0 aliphatic heterocycles. The van der Waals surface area contributed by atoms with Crippen molar-refractivity contribution in [2.24, 2.45) is 0 Å². The molecule has 0 heterocycles. The molecule has 170 valence electrons. The highest BCUT2D eigenvalue weighted by Gasteiger charge is 2.25. The SMILES string of the molecule is CCCCC=CC=CCCC=CC=CC=CC(=O)NCC(O)(CCCC)CCCC. The standard InChI is InChI=1S/C27H45NO2/c1-4-7-10-11-12-13-14-15-16-17-18-19-20-21-22-26(29)28-25-27(30,23-8-5-2)24-9-6-3/h11-14,17-22,30H,4-10,15-16,23-25H2,1-3H3,(H,28,29). The summed E-state index contributed by atoms with van der Waals surface area (Å²) in [6.45, 7) is 6.76. The molecular weight excluding hydrogens is 370 g/mol. The molecule has 0 fully saturated rings. The second-order valence-electron chi connectivity index (χ2n) is 7.90. The molecule has 0 radical (unpaired) electrons. The van der Waals surface area contributed by atoms with E-state index in [1.54, 1.807) is 6.08 Å². The molecule has 0 saturated carbocycles. The van der Waals surface area contributed by atoms with Crippen molar-refractivity contribution in [1.29, 1.82) is 0 Å². The van der Waals surface area contributed by atoms with Crippen LogP contribution in [0.4, 0.5) is 0 Å². The highest BCUT2D eigenvalue weighted by atomic mass is 16.3. The highest BCUT2D eigenvalue weighted by molar-refractivity contribution is 5.87. The summed E-state index contributed by atoms with van der Waals surface area (Å²) in [6, 6.07) is 0. The van der Waals surface area contributed by atoms with Crippen LogP contribution in [0.2, 0.25) is 0 Å². The van der Waals surface area contributed by atoms with Crippen molar-refractivity contribution in [2.45, 2.75) is 97.0 Å². The molecular formula is C27H45NO2. The highest BCUT2D eigenvalue weighted by Crippen LogP contribution is 2.20. The predicted molar refractivity (Wildman–Crippen MR) is 131 cm³/mol. The quantitative estimate of drug-likeness (QED) is 0.144. The molecule has 0 aromatic rings. The van der Waals surface area contributed by atoms with E-state index in [4.69, 9.17) is 0 Å². The predicted octanol–water partition coefficient (Wildman–Crippen LogP) is 6.97. The summed E-state index contributed by atoms with van der Waals surface area (Å²) in [7, 11) is 0. The van der Waals surface area contributed by atoms with E-state index < -0.39 is 5.60 Å².